The molecule has 4 nitrogen and oxygen atoms in total. The second-order valence-electron chi connectivity index (χ2n) is 18.3. The van der Waals surface area contributed by atoms with Crippen LogP contribution in [-0.2, 0) is 10.8 Å². The van der Waals surface area contributed by atoms with E-state index in [0.717, 1.165) is 56.1 Å². The van der Waals surface area contributed by atoms with Gasteiger partial charge in [-0.15, -0.1) is 0 Å². The molecular weight excluding hydrogens is 777 g/mol. The Morgan fingerprint density at radius 3 is 0.969 bits per heavy atom. The molecule has 2 aliphatic rings. The molecule has 0 N–H and O–H groups in total. The maximum absolute atomic E-state index is 5.40. The smallest absolute Gasteiger partial charge is 0.0973 e. The van der Waals surface area contributed by atoms with Crippen LogP contribution in [0.4, 0.5) is 0 Å². The zero-order valence-corrected chi connectivity index (χ0v) is 36.3. The summed E-state index contributed by atoms with van der Waals surface area (Å²) in [6.45, 7) is 9.41. The van der Waals surface area contributed by atoms with E-state index in [-0.39, 0.29) is 10.8 Å². The van der Waals surface area contributed by atoms with Crippen molar-refractivity contribution in [3.8, 4) is 89.5 Å². The van der Waals surface area contributed by atoms with Gasteiger partial charge in [-0.05, 0) is 127 Å². The summed E-state index contributed by atoms with van der Waals surface area (Å²) in [5.41, 5.74) is 24.7. The molecule has 0 fully saturated rings. The lowest BCUT2D eigenvalue weighted by atomic mass is 9.80. The van der Waals surface area contributed by atoms with Crippen LogP contribution in [0.25, 0.3) is 101 Å². The van der Waals surface area contributed by atoms with Crippen LogP contribution in [0.15, 0.2) is 194 Å². The fourth-order valence-corrected chi connectivity index (χ4v) is 10.3. The van der Waals surface area contributed by atoms with Crippen LogP contribution < -0.4 is 0 Å². The van der Waals surface area contributed by atoms with E-state index < -0.39 is 0 Å². The van der Waals surface area contributed by atoms with Gasteiger partial charge in [0.25, 0.3) is 0 Å². The highest BCUT2D eigenvalue weighted by atomic mass is 14.8. The van der Waals surface area contributed by atoms with Gasteiger partial charge >= 0.3 is 0 Å². The summed E-state index contributed by atoms with van der Waals surface area (Å²) < 4.78 is 0. The third-order valence-corrected chi connectivity index (χ3v) is 13.8. The first-order valence-corrected chi connectivity index (χ1v) is 22.1. The van der Waals surface area contributed by atoms with Crippen molar-refractivity contribution >= 4 is 11.0 Å². The molecule has 10 aromatic rings. The third-order valence-electron chi connectivity index (χ3n) is 13.8. The number of hydrogen-bond donors (Lipinski definition) is 0. The fraction of sp³-hybridized carbons (Fsp3) is 0.100. The van der Waals surface area contributed by atoms with Crippen molar-refractivity contribution in [1.82, 2.24) is 19.9 Å². The van der Waals surface area contributed by atoms with Gasteiger partial charge in [-0.3, -0.25) is 9.97 Å². The van der Waals surface area contributed by atoms with E-state index in [4.69, 9.17) is 9.97 Å². The molecule has 7 aromatic carbocycles. The molecule has 3 heterocycles. The first-order chi connectivity index (χ1) is 31.2. The van der Waals surface area contributed by atoms with E-state index >= 15 is 0 Å². The fourth-order valence-electron chi connectivity index (χ4n) is 10.3. The van der Waals surface area contributed by atoms with Crippen LogP contribution in [-0.4, -0.2) is 19.9 Å². The number of nitrogens with zero attached hydrogens (tertiary/aromatic N) is 4. The van der Waals surface area contributed by atoms with E-state index in [2.05, 4.69) is 183 Å². The molecule has 0 radical (unpaired) electrons. The summed E-state index contributed by atoms with van der Waals surface area (Å²) in [4.78, 5) is 19.9. The maximum atomic E-state index is 5.40. The van der Waals surface area contributed by atoms with Gasteiger partial charge < -0.3 is 0 Å². The highest BCUT2D eigenvalue weighted by molar-refractivity contribution is 5.92. The lowest BCUT2D eigenvalue weighted by molar-refractivity contribution is 0.660. The van der Waals surface area contributed by atoms with Gasteiger partial charge in [-0.2, -0.15) is 0 Å². The average Bonchev–Trinajstić information content (AvgIpc) is 3.72. The maximum Gasteiger partial charge on any atom is 0.0973 e. The van der Waals surface area contributed by atoms with Crippen molar-refractivity contribution in [1.29, 1.82) is 0 Å². The summed E-state index contributed by atoms with van der Waals surface area (Å²) in [5, 5.41) is 0. The molecule has 0 unspecified atom stereocenters. The van der Waals surface area contributed by atoms with Gasteiger partial charge in [0.1, 0.15) is 0 Å². The van der Waals surface area contributed by atoms with E-state index in [0.29, 0.717) is 0 Å². The standard InChI is InChI=1S/C60H44N4/c1-59(2)49-33-41(37-15-19-39(20-16-37)53-11-7-9-31-61-53)23-27-45(49)47-29-25-43(35-51(47)59)57-58(64-56-14-6-5-13-55(56)63-57)44-26-30-48-46-28-24-42(34-50(46)60(3,4)52(48)36-44)38-17-21-40(22-18-38)54-12-8-10-32-62-54/h5-36H,1-4H3. The number of rotatable bonds is 6. The molecule has 12 rings (SSSR count). The first kappa shape index (κ1) is 37.9. The minimum Gasteiger partial charge on any atom is -0.256 e. The van der Waals surface area contributed by atoms with Crippen molar-refractivity contribution in [3.05, 3.63) is 217 Å². The molecule has 304 valence electrons. The van der Waals surface area contributed by atoms with E-state index in [1.54, 1.807) is 0 Å². The van der Waals surface area contributed by atoms with Crippen molar-refractivity contribution in [2.75, 3.05) is 0 Å². The number of hydrogen-bond acceptors (Lipinski definition) is 4. The summed E-state index contributed by atoms with van der Waals surface area (Å²) in [7, 11) is 0. The topological polar surface area (TPSA) is 51.6 Å². The molecule has 4 heteroatoms. The predicted molar refractivity (Wildman–Crippen MR) is 263 cm³/mol. The zero-order chi connectivity index (χ0) is 43.2. The Bertz CT molecular complexity index is 3230. The molecule has 2 aliphatic carbocycles. The van der Waals surface area contributed by atoms with Gasteiger partial charge in [-0.1, -0.05) is 149 Å². The monoisotopic (exact) mass is 820 g/mol. The van der Waals surface area contributed by atoms with Crippen LogP contribution >= 0.6 is 0 Å². The summed E-state index contributed by atoms with van der Waals surface area (Å²) in [5.74, 6) is 0. The number of pyridine rings is 2. The van der Waals surface area contributed by atoms with Gasteiger partial charge in [0.05, 0.1) is 33.8 Å². The second kappa shape index (κ2) is 14.4. The lowest BCUT2D eigenvalue weighted by Crippen LogP contribution is -2.15. The number of fused-ring (bicyclic) bond motifs is 7. The van der Waals surface area contributed by atoms with Crippen LogP contribution in [0.3, 0.4) is 0 Å². The number of benzene rings is 7. The number of aromatic nitrogens is 4. The van der Waals surface area contributed by atoms with Crippen molar-refractivity contribution in [2.45, 2.75) is 38.5 Å². The van der Waals surface area contributed by atoms with Crippen molar-refractivity contribution in [3.63, 3.8) is 0 Å². The van der Waals surface area contributed by atoms with Gasteiger partial charge in [0.2, 0.25) is 0 Å². The summed E-state index contributed by atoms with van der Waals surface area (Å²) in [6.07, 6.45) is 3.69. The van der Waals surface area contributed by atoms with Gasteiger partial charge in [0, 0.05) is 45.5 Å². The minimum atomic E-state index is -0.224. The molecule has 0 spiro atoms. The van der Waals surface area contributed by atoms with Gasteiger partial charge in [0.15, 0.2) is 0 Å². The molecule has 0 amide bonds. The summed E-state index contributed by atoms with van der Waals surface area (Å²) in [6, 6.07) is 65.5. The Morgan fingerprint density at radius 2 is 0.609 bits per heavy atom. The molecule has 0 aliphatic heterocycles. The molecule has 0 saturated carbocycles. The molecule has 64 heavy (non-hydrogen) atoms. The predicted octanol–water partition coefficient (Wildman–Crippen LogP) is 15.0. The summed E-state index contributed by atoms with van der Waals surface area (Å²) >= 11 is 0. The lowest BCUT2D eigenvalue weighted by Gasteiger charge is -2.23. The van der Waals surface area contributed by atoms with Crippen LogP contribution in [0.5, 0.6) is 0 Å². The average molecular weight is 821 g/mol. The van der Waals surface area contributed by atoms with Crippen molar-refractivity contribution < 1.29 is 0 Å². The SMILES string of the molecule is CC1(C)c2cc(-c3ccc(-c4ccccn4)cc3)ccc2-c2ccc(-c3nc4ccccc4nc3-c3ccc4c(c3)C(C)(C)c3cc(-c5ccc(-c6ccccn6)cc5)ccc3-4)cc21. The minimum absolute atomic E-state index is 0.224. The molecular formula is C60H44N4. The Morgan fingerprint density at radius 1 is 0.297 bits per heavy atom. The molecule has 0 atom stereocenters. The Labute approximate surface area is 374 Å². The Kier molecular flexibility index (Phi) is 8.51. The first-order valence-electron chi connectivity index (χ1n) is 22.1. The van der Waals surface area contributed by atoms with E-state index in [1.165, 1.54) is 66.8 Å². The van der Waals surface area contributed by atoms with E-state index in [1.807, 2.05) is 48.8 Å². The Hall–Kier alpha value is -7.82. The van der Waals surface area contributed by atoms with Gasteiger partial charge in [-0.25, -0.2) is 9.97 Å². The normalized spacial score (nSPS) is 13.9. The van der Waals surface area contributed by atoms with E-state index in [9.17, 15) is 0 Å². The highest BCUT2D eigenvalue weighted by Crippen LogP contribution is 2.53. The zero-order valence-electron chi connectivity index (χ0n) is 36.3. The molecule has 0 saturated heterocycles. The quantitative estimate of drug-likeness (QED) is 0.168. The highest BCUT2D eigenvalue weighted by Gasteiger charge is 2.38. The van der Waals surface area contributed by atoms with Crippen molar-refractivity contribution in [2.24, 2.45) is 0 Å². The second-order valence-corrected chi connectivity index (χ2v) is 18.3. The van der Waals surface area contributed by atoms with Crippen LogP contribution in [0.1, 0.15) is 49.9 Å². The third kappa shape index (κ3) is 6.05. The molecule has 0 bridgehead atoms. The largest absolute Gasteiger partial charge is 0.256 e. The Balaban J connectivity index is 0.899. The van der Waals surface area contributed by atoms with Crippen LogP contribution in [0.2, 0.25) is 0 Å². The van der Waals surface area contributed by atoms with Crippen LogP contribution in [0, 0.1) is 0 Å². The number of para-hydroxylation sites is 2. The molecule has 3 aromatic heterocycles.